The largest absolute Gasteiger partial charge is 0.384 e. The Morgan fingerprint density at radius 2 is 1.92 bits per heavy atom. The van der Waals surface area contributed by atoms with Crippen molar-refractivity contribution in [3.05, 3.63) is 30.3 Å². The number of hydrogen-bond acceptors (Lipinski definition) is 1. The Kier molecular flexibility index (Phi) is 4.69. The molecule has 66 valence electrons. The lowest BCUT2D eigenvalue weighted by molar-refractivity contribution is 1.04. The average molecular weight is 293 g/mol. The van der Waals surface area contributed by atoms with Crippen molar-refractivity contribution in [3.8, 4) is 0 Å². The third-order valence-electron chi connectivity index (χ3n) is 1.47. The zero-order chi connectivity index (χ0) is 8.81. The quantitative estimate of drug-likeness (QED) is 0.840. The van der Waals surface area contributed by atoms with Gasteiger partial charge in [-0.15, -0.1) is 0 Å². The highest BCUT2D eigenvalue weighted by atomic mass is 79.9. The van der Waals surface area contributed by atoms with E-state index in [0.29, 0.717) is 4.83 Å². The summed E-state index contributed by atoms with van der Waals surface area (Å²) in [5.74, 6) is 0. The summed E-state index contributed by atoms with van der Waals surface area (Å²) in [7, 11) is 0. The van der Waals surface area contributed by atoms with Crippen molar-refractivity contribution in [2.45, 2.75) is 4.83 Å². The monoisotopic (exact) mass is 291 g/mol. The highest BCUT2D eigenvalue weighted by molar-refractivity contribution is 9.12. The minimum Gasteiger partial charge on any atom is -0.384 e. The van der Waals surface area contributed by atoms with Gasteiger partial charge in [-0.2, -0.15) is 0 Å². The number of halogens is 2. The fraction of sp³-hybridized carbons (Fsp3) is 0.333. The van der Waals surface area contributed by atoms with Crippen LogP contribution in [-0.2, 0) is 0 Å². The van der Waals surface area contributed by atoms with Gasteiger partial charge < -0.3 is 5.32 Å². The summed E-state index contributed by atoms with van der Waals surface area (Å²) in [6.07, 6.45) is 0. The Morgan fingerprint density at radius 1 is 1.25 bits per heavy atom. The minimum absolute atomic E-state index is 0.484. The maximum Gasteiger partial charge on any atom is 0.0415 e. The Hall–Kier alpha value is -0.0200. The van der Waals surface area contributed by atoms with Crippen LogP contribution in [0.5, 0.6) is 0 Å². The molecule has 3 heteroatoms. The zero-order valence-corrected chi connectivity index (χ0v) is 9.81. The Bertz CT molecular complexity index is 213. The molecular formula is C9H11Br2N. The molecule has 12 heavy (non-hydrogen) atoms. The van der Waals surface area contributed by atoms with Crippen LogP contribution in [0.15, 0.2) is 30.3 Å². The van der Waals surface area contributed by atoms with Crippen molar-refractivity contribution in [2.24, 2.45) is 0 Å². The first-order valence-electron chi connectivity index (χ1n) is 3.82. The fourth-order valence-electron chi connectivity index (χ4n) is 0.839. The van der Waals surface area contributed by atoms with Crippen molar-refractivity contribution in [2.75, 3.05) is 17.2 Å². The lowest BCUT2D eigenvalue weighted by Gasteiger charge is -2.08. The molecule has 0 amide bonds. The number of benzene rings is 1. The molecule has 0 aliphatic heterocycles. The molecule has 0 saturated carbocycles. The van der Waals surface area contributed by atoms with Gasteiger partial charge in [-0.05, 0) is 12.1 Å². The molecule has 0 heterocycles. The van der Waals surface area contributed by atoms with Gasteiger partial charge in [0.25, 0.3) is 0 Å². The van der Waals surface area contributed by atoms with Gasteiger partial charge >= 0.3 is 0 Å². The molecule has 1 atom stereocenters. The molecule has 0 aliphatic rings. The van der Waals surface area contributed by atoms with Crippen LogP contribution in [-0.4, -0.2) is 16.7 Å². The van der Waals surface area contributed by atoms with Crippen LogP contribution in [0, 0.1) is 0 Å². The van der Waals surface area contributed by atoms with Crippen molar-refractivity contribution in [3.63, 3.8) is 0 Å². The van der Waals surface area contributed by atoms with E-state index < -0.39 is 0 Å². The predicted octanol–water partition coefficient (Wildman–Crippen LogP) is 3.26. The van der Waals surface area contributed by atoms with E-state index in [4.69, 9.17) is 0 Å². The van der Waals surface area contributed by atoms with Crippen LogP contribution in [0.25, 0.3) is 0 Å². The number of nitrogens with one attached hydrogen (secondary N) is 1. The summed E-state index contributed by atoms with van der Waals surface area (Å²) in [5, 5.41) is 4.28. The van der Waals surface area contributed by atoms with Gasteiger partial charge in [0.05, 0.1) is 0 Å². The van der Waals surface area contributed by atoms with Gasteiger partial charge in [0, 0.05) is 22.4 Å². The molecule has 1 nitrogen and oxygen atoms in total. The van der Waals surface area contributed by atoms with Gasteiger partial charge in [-0.3, -0.25) is 0 Å². The van der Waals surface area contributed by atoms with Crippen LogP contribution in [0.4, 0.5) is 5.69 Å². The first kappa shape index (κ1) is 10.1. The lowest BCUT2D eigenvalue weighted by atomic mass is 10.3. The van der Waals surface area contributed by atoms with E-state index >= 15 is 0 Å². The topological polar surface area (TPSA) is 12.0 Å². The van der Waals surface area contributed by atoms with Crippen LogP contribution in [0.2, 0.25) is 0 Å². The summed E-state index contributed by atoms with van der Waals surface area (Å²) >= 11 is 6.93. The molecule has 0 aliphatic carbocycles. The fourth-order valence-corrected chi connectivity index (χ4v) is 1.23. The molecule has 0 bridgehead atoms. The van der Waals surface area contributed by atoms with Crippen LogP contribution in [0.3, 0.4) is 0 Å². The van der Waals surface area contributed by atoms with Gasteiger partial charge in [0.2, 0.25) is 0 Å². The standard InChI is InChI=1S/C9H11Br2N/c10-6-8(11)7-12-9-4-2-1-3-5-9/h1-5,8,12H,6-7H2. The highest BCUT2D eigenvalue weighted by Crippen LogP contribution is 2.08. The van der Waals surface area contributed by atoms with Crippen molar-refractivity contribution < 1.29 is 0 Å². The van der Waals surface area contributed by atoms with E-state index in [1.807, 2.05) is 18.2 Å². The lowest BCUT2D eigenvalue weighted by Crippen LogP contribution is -2.14. The number of hydrogen-bond donors (Lipinski definition) is 1. The summed E-state index contributed by atoms with van der Waals surface area (Å²) in [6, 6.07) is 10.2. The maximum atomic E-state index is 3.52. The molecule has 0 aromatic heterocycles. The van der Waals surface area contributed by atoms with Gasteiger partial charge in [-0.1, -0.05) is 50.1 Å². The molecular weight excluding hydrogens is 282 g/mol. The summed E-state index contributed by atoms with van der Waals surface area (Å²) in [6.45, 7) is 0.940. The Morgan fingerprint density at radius 3 is 2.50 bits per heavy atom. The Labute approximate surface area is 89.8 Å². The zero-order valence-electron chi connectivity index (χ0n) is 6.63. The minimum atomic E-state index is 0.484. The van der Waals surface area contributed by atoms with Crippen LogP contribution < -0.4 is 5.32 Å². The van der Waals surface area contributed by atoms with E-state index in [1.54, 1.807) is 0 Å². The Balaban J connectivity index is 2.33. The summed E-state index contributed by atoms with van der Waals surface area (Å²) in [4.78, 5) is 0.484. The number of alkyl halides is 2. The maximum absolute atomic E-state index is 3.52. The third-order valence-corrected chi connectivity index (χ3v) is 3.77. The molecule has 1 unspecified atom stereocenters. The van der Waals surface area contributed by atoms with Gasteiger partial charge in [-0.25, -0.2) is 0 Å². The molecule has 1 rings (SSSR count). The first-order valence-corrected chi connectivity index (χ1v) is 5.85. The smallest absolute Gasteiger partial charge is 0.0415 e. The number of anilines is 1. The second-order valence-corrected chi connectivity index (χ2v) is 4.44. The second kappa shape index (κ2) is 5.60. The van der Waals surface area contributed by atoms with E-state index in [1.165, 1.54) is 5.69 Å². The third kappa shape index (κ3) is 3.59. The van der Waals surface area contributed by atoms with Crippen molar-refractivity contribution in [1.82, 2.24) is 0 Å². The summed E-state index contributed by atoms with van der Waals surface area (Å²) in [5.41, 5.74) is 1.17. The molecule has 1 aromatic carbocycles. The van der Waals surface area contributed by atoms with Crippen LogP contribution >= 0.6 is 31.9 Å². The van der Waals surface area contributed by atoms with Crippen LogP contribution in [0.1, 0.15) is 0 Å². The van der Waals surface area contributed by atoms with Crippen molar-refractivity contribution >= 4 is 37.5 Å². The number of para-hydroxylation sites is 1. The first-order chi connectivity index (χ1) is 5.83. The highest BCUT2D eigenvalue weighted by Gasteiger charge is 1.99. The van der Waals surface area contributed by atoms with Gasteiger partial charge in [0.1, 0.15) is 0 Å². The molecule has 0 spiro atoms. The molecule has 0 radical (unpaired) electrons. The molecule has 0 fully saturated rings. The van der Waals surface area contributed by atoms with E-state index in [-0.39, 0.29) is 0 Å². The predicted molar refractivity (Wildman–Crippen MR) is 61.4 cm³/mol. The average Bonchev–Trinajstić information content (AvgIpc) is 2.16. The SMILES string of the molecule is BrCC(Br)CNc1ccccc1. The van der Waals surface area contributed by atoms with Crippen molar-refractivity contribution in [1.29, 1.82) is 0 Å². The molecule has 1 aromatic rings. The normalized spacial score (nSPS) is 12.5. The second-order valence-electron chi connectivity index (χ2n) is 2.50. The number of rotatable bonds is 4. The van der Waals surface area contributed by atoms with Gasteiger partial charge in [0.15, 0.2) is 0 Å². The van der Waals surface area contributed by atoms with E-state index in [0.717, 1.165) is 11.9 Å². The molecule has 1 N–H and O–H groups in total. The van der Waals surface area contributed by atoms with E-state index in [9.17, 15) is 0 Å². The van der Waals surface area contributed by atoms with E-state index in [2.05, 4.69) is 49.3 Å². The molecule has 0 saturated heterocycles. The summed E-state index contributed by atoms with van der Waals surface area (Å²) < 4.78 is 0.